The second-order valence-electron chi connectivity index (χ2n) is 9.52. The van der Waals surface area contributed by atoms with E-state index in [1.807, 2.05) is 0 Å². The van der Waals surface area contributed by atoms with Crippen molar-refractivity contribution in [1.82, 2.24) is 9.47 Å². The molecule has 5 rings (SSSR count). The Bertz CT molecular complexity index is 1720. The first-order valence-corrected chi connectivity index (χ1v) is 14.6. The number of benzene rings is 2. The Morgan fingerprint density at radius 3 is 2.64 bits per heavy atom. The number of morpholine rings is 1. The minimum absolute atomic E-state index is 0.126. The molecule has 1 aromatic heterocycles. The summed E-state index contributed by atoms with van der Waals surface area (Å²) in [5.74, 6) is 0.147. The molecule has 10 nitrogen and oxygen atoms in total. The van der Waals surface area contributed by atoms with Crippen LogP contribution in [0.15, 0.2) is 63.5 Å². The average molecular weight is 612 g/mol. The molecule has 2 aromatic carbocycles. The molecule has 1 amide bonds. The predicted octanol–water partition coefficient (Wildman–Crippen LogP) is 2.70. The van der Waals surface area contributed by atoms with Gasteiger partial charge in [-0.2, -0.15) is 0 Å². The molecular formula is C30H30ClN3O7S. The normalized spacial score (nSPS) is 17.0. The molecule has 1 fully saturated rings. The lowest BCUT2D eigenvalue weighted by atomic mass is 9.96. The van der Waals surface area contributed by atoms with Gasteiger partial charge in [-0.15, -0.1) is 0 Å². The van der Waals surface area contributed by atoms with E-state index in [1.54, 1.807) is 67.3 Å². The number of hydrogen-bond donors (Lipinski definition) is 0. The van der Waals surface area contributed by atoms with E-state index in [1.165, 1.54) is 23.0 Å². The molecule has 0 bridgehead atoms. The Morgan fingerprint density at radius 2 is 1.93 bits per heavy atom. The third-order valence-electron chi connectivity index (χ3n) is 6.92. The first kappa shape index (κ1) is 29.6. The van der Waals surface area contributed by atoms with Crippen LogP contribution in [0.25, 0.3) is 6.08 Å². The second-order valence-corrected chi connectivity index (χ2v) is 10.9. The van der Waals surface area contributed by atoms with Crippen LogP contribution < -0.4 is 24.4 Å². The number of rotatable bonds is 8. The first-order valence-electron chi connectivity index (χ1n) is 13.4. The van der Waals surface area contributed by atoms with Crippen molar-refractivity contribution in [2.75, 3.05) is 46.6 Å². The number of allylic oxidation sites excluding steroid dienone is 1. The lowest BCUT2D eigenvalue weighted by Gasteiger charge is -2.26. The van der Waals surface area contributed by atoms with Crippen LogP contribution in [-0.2, 0) is 19.1 Å². The van der Waals surface area contributed by atoms with E-state index in [2.05, 4.69) is 4.99 Å². The monoisotopic (exact) mass is 611 g/mol. The lowest BCUT2D eigenvalue weighted by molar-refractivity contribution is -0.139. The number of halogens is 1. The van der Waals surface area contributed by atoms with Gasteiger partial charge in [-0.1, -0.05) is 47.2 Å². The molecule has 0 spiro atoms. The smallest absolute Gasteiger partial charge is 0.338 e. The van der Waals surface area contributed by atoms with E-state index in [0.717, 1.165) is 0 Å². The highest BCUT2D eigenvalue weighted by molar-refractivity contribution is 7.07. The van der Waals surface area contributed by atoms with Crippen molar-refractivity contribution >= 4 is 40.9 Å². The van der Waals surface area contributed by atoms with E-state index in [-0.39, 0.29) is 30.3 Å². The molecule has 2 aliphatic rings. The van der Waals surface area contributed by atoms with Gasteiger partial charge in [0.15, 0.2) is 22.9 Å². The van der Waals surface area contributed by atoms with Gasteiger partial charge in [-0.3, -0.25) is 14.2 Å². The number of carbonyl (C=O) groups is 2. The third kappa shape index (κ3) is 5.99. The summed E-state index contributed by atoms with van der Waals surface area (Å²) in [4.78, 5) is 46.1. The molecule has 2 aliphatic heterocycles. The number of ether oxygens (including phenoxy) is 4. The molecule has 0 aliphatic carbocycles. The van der Waals surface area contributed by atoms with E-state index in [9.17, 15) is 14.4 Å². The van der Waals surface area contributed by atoms with Crippen molar-refractivity contribution in [2.24, 2.45) is 4.99 Å². The Morgan fingerprint density at radius 1 is 1.17 bits per heavy atom. The highest BCUT2D eigenvalue weighted by atomic mass is 35.5. The van der Waals surface area contributed by atoms with E-state index < -0.39 is 12.0 Å². The molecule has 3 heterocycles. The zero-order chi connectivity index (χ0) is 29.8. The van der Waals surface area contributed by atoms with Gasteiger partial charge in [-0.25, -0.2) is 9.79 Å². The molecule has 0 saturated carbocycles. The Balaban J connectivity index is 1.50. The zero-order valence-electron chi connectivity index (χ0n) is 23.4. The van der Waals surface area contributed by atoms with Gasteiger partial charge in [0.2, 0.25) is 0 Å². The van der Waals surface area contributed by atoms with Crippen molar-refractivity contribution in [2.45, 2.75) is 19.9 Å². The van der Waals surface area contributed by atoms with Crippen molar-refractivity contribution < 1.29 is 28.5 Å². The lowest BCUT2D eigenvalue weighted by Crippen LogP contribution is -2.43. The number of fused-ring (bicyclic) bond motifs is 1. The third-order valence-corrected chi connectivity index (χ3v) is 8.24. The molecule has 0 radical (unpaired) electrons. The van der Waals surface area contributed by atoms with Crippen molar-refractivity contribution in [3.63, 3.8) is 0 Å². The number of hydrogen-bond acceptors (Lipinski definition) is 9. The molecule has 1 atom stereocenters. The average Bonchev–Trinajstić information content (AvgIpc) is 3.30. The summed E-state index contributed by atoms with van der Waals surface area (Å²) in [7, 11) is 1.51. The standard InChI is InChI=1S/C30H30ClN3O7S/c1-4-40-29(37)26-18(2)32-30-34(27(26)20-7-5-6-8-21(20)31)28(36)24(42-30)16-19-9-10-22(23(15-19)38-3)41-17-25(35)33-11-13-39-14-12-33/h5-10,15-16,27H,4,11-14,17H2,1-3H3/b24-16+/t27-/m0/s1. The summed E-state index contributed by atoms with van der Waals surface area (Å²) in [5, 5.41) is 0.418. The minimum Gasteiger partial charge on any atom is -0.493 e. The van der Waals surface area contributed by atoms with Crippen LogP contribution in [0, 0.1) is 0 Å². The number of esters is 1. The van der Waals surface area contributed by atoms with Crippen LogP contribution >= 0.6 is 22.9 Å². The molecule has 1 saturated heterocycles. The minimum atomic E-state index is -0.800. The predicted molar refractivity (Wildman–Crippen MR) is 158 cm³/mol. The molecule has 42 heavy (non-hydrogen) atoms. The number of thiazole rings is 1. The van der Waals surface area contributed by atoms with Gasteiger partial charge < -0.3 is 23.8 Å². The van der Waals surface area contributed by atoms with E-state index in [0.29, 0.717) is 69.0 Å². The van der Waals surface area contributed by atoms with Crippen LogP contribution in [0.1, 0.15) is 31.0 Å². The molecule has 3 aromatic rings. The van der Waals surface area contributed by atoms with Crippen LogP contribution in [0.2, 0.25) is 5.02 Å². The first-order chi connectivity index (χ1) is 20.3. The molecule has 12 heteroatoms. The van der Waals surface area contributed by atoms with Crippen molar-refractivity contribution in [1.29, 1.82) is 0 Å². The maximum atomic E-state index is 13.9. The fourth-order valence-electron chi connectivity index (χ4n) is 4.87. The number of nitrogens with zero attached hydrogens (tertiary/aromatic N) is 3. The summed E-state index contributed by atoms with van der Waals surface area (Å²) in [5.41, 5.74) is 1.67. The largest absolute Gasteiger partial charge is 0.493 e. The summed E-state index contributed by atoms with van der Waals surface area (Å²) >= 11 is 7.77. The fraction of sp³-hybridized carbons (Fsp3) is 0.333. The molecular weight excluding hydrogens is 582 g/mol. The number of aromatic nitrogens is 1. The maximum absolute atomic E-state index is 13.9. The highest BCUT2D eigenvalue weighted by Gasteiger charge is 2.34. The van der Waals surface area contributed by atoms with Gasteiger partial charge in [0.05, 0.1) is 42.7 Å². The van der Waals surface area contributed by atoms with Crippen molar-refractivity contribution in [3.05, 3.63) is 89.6 Å². The zero-order valence-corrected chi connectivity index (χ0v) is 25.0. The summed E-state index contributed by atoms with van der Waals surface area (Å²) in [6.07, 6.45) is 1.72. The van der Waals surface area contributed by atoms with Gasteiger partial charge in [0, 0.05) is 18.1 Å². The van der Waals surface area contributed by atoms with E-state index >= 15 is 0 Å². The Kier molecular flexibility index (Phi) is 9.10. The van der Waals surface area contributed by atoms with E-state index in [4.69, 9.17) is 30.5 Å². The number of amides is 1. The van der Waals surface area contributed by atoms with Gasteiger partial charge in [0.25, 0.3) is 11.5 Å². The highest BCUT2D eigenvalue weighted by Crippen LogP contribution is 2.34. The summed E-state index contributed by atoms with van der Waals surface area (Å²) in [6, 6.07) is 11.5. The number of methoxy groups -OCH3 is 1. The van der Waals surface area contributed by atoms with Gasteiger partial charge in [0.1, 0.15) is 6.04 Å². The van der Waals surface area contributed by atoms with Crippen LogP contribution in [-0.4, -0.2) is 68.0 Å². The topological polar surface area (TPSA) is 109 Å². The summed E-state index contributed by atoms with van der Waals surface area (Å²) < 4.78 is 23.8. The van der Waals surface area contributed by atoms with Gasteiger partial charge >= 0.3 is 5.97 Å². The van der Waals surface area contributed by atoms with Gasteiger partial charge in [-0.05, 0) is 49.2 Å². The van der Waals surface area contributed by atoms with Crippen molar-refractivity contribution in [3.8, 4) is 11.5 Å². The quantitative estimate of drug-likeness (QED) is 0.360. The SMILES string of the molecule is CCOC(=O)C1=C(C)N=c2s/c(=C/c3ccc(OCC(=O)N4CCOCC4)c(OC)c3)c(=O)n2[C@H]1c1ccccc1Cl. The van der Waals surface area contributed by atoms with Crippen LogP contribution in [0.4, 0.5) is 0 Å². The Hall–Kier alpha value is -3.93. The Labute approximate surface area is 251 Å². The summed E-state index contributed by atoms with van der Waals surface area (Å²) in [6.45, 7) is 5.59. The molecule has 220 valence electrons. The maximum Gasteiger partial charge on any atom is 0.338 e. The molecule has 0 N–H and O–H groups in total. The van der Waals surface area contributed by atoms with Crippen LogP contribution in [0.3, 0.4) is 0 Å². The second kappa shape index (κ2) is 12.9. The molecule has 0 unspecified atom stereocenters. The van der Waals surface area contributed by atoms with Crippen LogP contribution in [0.5, 0.6) is 11.5 Å². The fourth-order valence-corrected chi connectivity index (χ4v) is 6.16. The number of carbonyl (C=O) groups excluding carboxylic acids is 2.